The lowest BCUT2D eigenvalue weighted by molar-refractivity contribution is 0.0722. The molecule has 5 nitrogen and oxygen atoms in total. The van der Waals surface area contributed by atoms with Crippen LogP contribution < -0.4 is 4.74 Å². The number of carbonyl (C=O) groups is 1. The zero-order chi connectivity index (χ0) is 21.4. The molecule has 30 heavy (non-hydrogen) atoms. The number of hydrogen-bond donors (Lipinski definition) is 1. The van der Waals surface area contributed by atoms with Gasteiger partial charge in [-0.25, -0.2) is 0 Å². The van der Waals surface area contributed by atoms with Crippen molar-refractivity contribution >= 4 is 5.91 Å². The largest absolute Gasteiger partial charge is 0.497 e. The van der Waals surface area contributed by atoms with Gasteiger partial charge in [0.1, 0.15) is 11.4 Å². The van der Waals surface area contributed by atoms with Crippen molar-refractivity contribution in [3.8, 4) is 17.0 Å². The summed E-state index contributed by atoms with van der Waals surface area (Å²) >= 11 is 0. The molecule has 0 saturated heterocycles. The fraction of sp³-hybridized carbons (Fsp3) is 0.360. The van der Waals surface area contributed by atoms with E-state index in [1.165, 1.54) is 5.56 Å². The van der Waals surface area contributed by atoms with E-state index in [1.807, 2.05) is 29.2 Å². The van der Waals surface area contributed by atoms with Crippen molar-refractivity contribution in [3.05, 3.63) is 70.9 Å². The molecule has 1 unspecified atom stereocenters. The third-order valence-electron chi connectivity index (χ3n) is 5.71. The van der Waals surface area contributed by atoms with Gasteiger partial charge in [0.15, 0.2) is 0 Å². The van der Waals surface area contributed by atoms with Gasteiger partial charge in [0.05, 0.1) is 18.8 Å². The Morgan fingerprint density at radius 2 is 1.70 bits per heavy atom. The molecule has 1 aromatic heterocycles. The Kier molecular flexibility index (Phi) is 5.37. The normalized spacial score (nSPS) is 15.9. The molecule has 2 heterocycles. The summed E-state index contributed by atoms with van der Waals surface area (Å²) in [4.78, 5) is 15.2. The lowest BCUT2D eigenvalue weighted by Crippen LogP contribution is -2.32. The number of amides is 1. The first-order valence-electron chi connectivity index (χ1n) is 10.5. The highest BCUT2D eigenvalue weighted by Gasteiger charge is 2.42. The minimum absolute atomic E-state index is 0.0175. The zero-order valence-electron chi connectivity index (χ0n) is 18.3. The van der Waals surface area contributed by atoms with Crippen LogP contribution in [0.5, 0.6) is 5.75 Å². The van der Waals surface area contributed by atoms with Crippen LogP contribution in [0.25, 0.3) is 11.3 Å². The van der Waals surface area contributed by atoms with Crippen molar-refractivity contribution in [1.82, 2.24) is 15.1 Å². The van der Waals surface area contributed by atoms with Gasteiger partial charge in [0, 0.05) is 17.7 Å². The van der Waals surface area contributed by atoms with E-state index >= 15 is 0 Å². The average molecular weight is 404 g/mol. The predicted molar refractivity (Wildman–Crippen MR) is 119 cm³/mol. The van der Waals surface area contributed by atoms with E-state index < -0.39 is 0 Å². The molecule has 1 aliphatic rings. The topological polar surface area (TPSA) is 58.2 Å². The van der Waals surface area contributed by atoms with Crippen LogP contribution in [0, 0.1) is 5.92 Å². The number of nitrogens with one attached hydrogen (secondary N) is 1. The molecule has 1 N–H and O–H groups in total. The first kappa shape index (κ1) is 20.2. The van der Waals surface area contributed by atoms with E-state index in [9.17, 15) is 4.79 Å². The number of nitrogens with zero attached hydrogens (tertiary/aromatic N) is 2. The van der Waals surface area contributed by atoms with Crippen molar-refractivity contribution in [2.24, 2.45) is 5.92 Å². The molecular weight excluding hydrogens is 374 g/mol. The maximum absolute atomic E-state index is 13.3. The van der Waals surface area contributed by atoms with Crippen LogP contribution >= 0.6 is 0 Å². The fourth-order valence-electron chi connectivity index (χ4n) is 4.16. The SMILES string of the molecule is COc1ccc(-c2n[nH]c3c2C(c2ccc(C(C)C)cc2)N(CC(C)C)C3=O)cc1. The van der Waals surface area contributed by atoms with Crippen molar-refractivity contribution in [3.63, 3.8) is 0 Å². The van der Waals surface area contributed by atoms with Gasteiger partial charge >= 0.3 is 0 Å². The summed E-state index contributed by atoms with van der Waals surface area (Å²) in [6, 6.07) is 16.3. The Morgan fingerprint density at radius 3 is 2.27 bits per heavy atom. The molecule has 1 aliphatic heterocycles. The van der Waals surface area contributed by atoms with Crippen molar-refractivity contribution in [2.45, 2.75) is 39.7 Å². The Bertz CT molecular complexity index is 1030. The van der Waals surface area contributed by atoms with Crippen molar-refractivity contribution in [1.29, 1.82) is 0 Å². The van der Waals surface area contributed by atoms with Gasteiger partial charge in [-0.15, -0.1) is 0 Å². The monoisotopic (exact) mass is 403 g/mol. The predicted octanol–water partition coefficient (Wildman–Crippen LogP) is 5.41. The molecule has 1 amide bonds. The molecule has 3 aromatic rings. The lowest BCUT2D eigenvalue weighted by atomic mass is 9.93. The van der Waals surface area contributed by atoms with E-state index in [0.717, 1.165) is 28.1 Å². The standard InChI is InChI=1S/C25H29N3O2/c1-15(2)14-28-24(19-8-6-17(7-9-19)16(3)4)21-22(26-27-23(21)25(28)29)18-10-12-20(30-5)13-11-18/h6-13,15-16,24H,14H2,1-5H3,(H,26,27). The number of methoxy groups -OCH3 is 1. The minimum Gasteiger partial charge on any atom is -0.497 e. The molecule has 5 heteroatoms. The number of H-pyrrole nitrogens is 1. The van der Waals surface area contributed by atoms with Gasteiger partial charge in [0.25, 0.3) is 5.91 Å². The number of aromatic amines is 1. The number of hydrogen-bond acceptors (Lipinski definition) is 3. The van der Waals surface area contributed by atoms with Crippen molar-refractivity contribution in [2.75, 3.05) is 13.7 Å². The Morgan fingerprint density at radius 1 is 1.03 bits per heavy atom. The smallest absolute Gasteiger partial charge is 0.273 e. The lowest BCUT2D eigenvalue weighted by Gasteiger charge is -2.28. The molecule has 0 spiro atoms. The first-order valence-corrected chi connectivity index (χ1v) is 10.5. The molecule has 0 fully saturated rings. The summed E-state index contributed by atoms with van der Waals surface area (Å²) in [6.07, 6.45) is 0. The maximum atomic E-state index is 13.3. The second kappa shape index (κ2) is 7.98. The van der Waals surface area contributed by atoms with Crippen LogP contribution in [0.2, 0.25) is 0 Å². The van der Waals surface area contributed by atoms with Gasteiger partial charge in [-0.1, -0.05) is 52.0 Å². The second-order valence-corrected chi connectivity index (χ2v) is 8.66. The third kappa shape index (κ3) is 3.49. The zero-order valence-corrected chi connectivity index (χ0v) is 18.3. The molecule has 4 rings (SSSR count). The summed E-state index contributed by atoms with van der Waals surface area (Å²) in [5.41, 5.74) is 5.76. The number of ether oxygens (including phenoxy) is 1. The number of benzene rings is 2. The first-order chi connectivity index (χ1) is 14.4. The highest BCUT2D eigenvalue weighted by Crippen LogP contribution is 2.43. The summed E-state index contributed by atoms with van der Waals surface area (Å²) in [6.45, 7) is 9.35. The minimum atomic E-state index is -0.146. The van der Waals surface area contributed by atoms with Crippen LogP contribution in [0.1, 0.15) is 66.8 Å². The van der Waals surface area contributed by atoms with E-state index in [-0.39, 0.29) is 11.9 Å². The van der Waals surface area contributed by atoms with E-state index in [2.05, 4.69) is 62.2 Å². The Hall–Kier alpha value is -3.08. The number of aromatic nitrogens is 2. The van der Waals surface area contributed by atoms with Crippen molar-refractivity contribution < 1.29 is 9.53 Å². The summed E-state index contributed by atoms with van der Waals surface area (Å²) in [5.74, 6) is 1.65. The van der Waals surface area contributed by atoms with Gasteiger partial charge in [0.2, 0.25) is 0 Å². The summed E-state index contributed by atoms with van der Waals surface area (Å²) in [7, 11) is 1.65. The van der Waals surface area contributed by atoms with Crippen LogP contribution in [0.15, 0.2) is 48.5 Å². The Balaban J connectivity index is 1.82. The van der Waals surface area contributed by atoms with E-state index in [1.54, 1.807) is 7.11 Å². The van der Waals surface area contributed by atoms with Gasteiger partial charge < -0.3 is 9.64 Å². The quantitative estimate of drug-likeness (QED) is 0.599. The van der Waals surface area contributed by atoms with Crippen LogP contribution in [-0.4, -0.2) is 34.7 Å². The molecule has 1 atom stereocenters. The van der Waals surface area contributed by atoms with Crippen LogP contribution in [0.4, 0.5) is 0 Å². The van der Waals surface area contributed by atoms with Crippen LogP contribution in [0.3, 0.4) is 0 Å². The second-order valence-electron chi connectivity index (χ2n) is 8.66. The number of fused-ring (bicyclic) bond motifs is 1. The molecule has 0 bridgehead atoms. The summed E-state index contributed by atoms with van der Waals surface area (Å²) < 4.78 is 5.29. The molecule has 0 saturated carbocycles. The molecular formula is C25H29N3O2. The molecule has 0 aliphatic carbocycles. The van der Waals surface area contributed by atoms with Gasteiger partial charge in [-0.2, -0.15) is 5.10 Å². The highest BCUT2D eigenvalue weighted by atomic mass is 16.5. The Labute approximate surface area is 178 Å². The number of rotatable bonds is 6. The van der Waals surface area contributed by atoms with E-state index in [0.29, 0.717) is 24.1 Å². The number of carbonyl (C=O) groups excluding carboxylic acids is 1. The van der Waals surface area contributed by atoms with Crippen LogP contribution in [-0.2, 0) is 0 Å². The average Bonchev–Trinajstić information content (AvgIpc) is 3.27. The molecule has 2 aromatic carbocycles. The molecule has 156 valence electrons. The highest BCUT2D eigenvalue weighted by molar-refractivity contribution is 6.00. The third-order valence-corrected chi connectivity index (χ3v) is 5.71. The van der Waals surface area contributed by atoms with Gasteiger partial charge in [-0.3, -0.25) is 9.89 Å². The fourth-order valence-corrected chi connectivity index (χ4v) is 4.16. The maximum Gasteiger partial charge on any atom is 0.273 e. The molecule has 0 radical (unpaired) electrons. The van der Waals surface area contributed by atoms with Gasteiger partial charge in [-0.05, 0) is 47.2 Å². The summed E-state index contributed by atoms with van der Waals surface area (Å²) in [5, 5.41) is 7.56. The van der Waals surface area contributed by atoms with E-state index in [4.69, 9.17) is 4.74 Å².